The lowest BCUT2D eigenvalue weighted by atomic mass is 10.2. The predicted octanol–water partition coefficient (Wildman–Crippen LogP) is 4.68. The van der Waals surface area contributed by atoms with Crippen molar-refractivity contribution in [2.45, 2.75) is 37.4 Å². The van der Waals surface area contributed by atoms with Gasteiger partial charge in [0.25, 0.3) is 0 Å². The monoisotopic (exact) mass is 302 g/mol. The third-order valence-electron chi connectivity index (χ3n) is 3.03. The Morgan fingerprint density at radius 3 is 2.70 bits per heavy atom. The first-order valence-corrected chi connectivity index (χ1v) is 7.47. The Bertz CT molecular complexity index is 590. The van der Waals surface area contributed by atoms with Crippen molar-refractivity contribution in [3.63, 3.8) is 0 Å². The summed E-state index contributed by atoms with van der Waals surface area (Å²) in [6.45, 7) is 2.41. The van der Waals surface area contributed by atoms with Gasteiger partial charge in [-0.05, 0) is 30.4 Å². The lowest BCUT2D eigenvalue weighted by molar-refractivity contribution is -0.135. The van der Waals surface area contributed by atoms with Gasteiger partial charge in [-0.3, -0.25) is 0 Å². The van der Waals surface area contributed by atoms with Crippen LogP contribution in [0.25, 0.3) is 10.9 Å². The average molecular weight is 302 g/mol. The molecule has 1 aromatic heterocycles. The number of nitrogens with two attached hydrogens (primary N) is 1. The van der Waals surface area contributed by atoms with E-state index >= 15 is 0 Å². The molecule has 0 saturated carbocycles. The molecule has 0 radical (unpaired) electrons. The van der Waals surface area contributed by atoms with Gasteiger partial charge in [-0.25, -0.2) is 0 Å². The molecule has 0 aliphatic heterocycles. The third-order valence-corrected chi connectivity index (χ3v) is 3.97. The summed E-state index contributed by atoms with van der Waals surface area (Å²) in [5.74, 6) is 0.928. The van der Waals surface area contributed by atoms with Crippen LogP contribution in [0.4, 0.5) is 18.9 Å². The van der Waals surface area contributed by atoms with E-state index in [1.807, 2.05) is 29.0 Å². The molecule has 0 unspecified atom stereocenters. The SMILES string of the molecule is CCSc1cc(N)cc2c1ccn2CCCC(F)(F)F. The minimum atomic E-state index is -4.09. The number of fused-ring (bicyclic) bond motifs is 1. The lowest BCUT2D eigenvalue weighted by Gasteiger charge is -2.09. The Labute approximate surface area is 120 Å². The number of hydrogen-bond acceptors (Lipinski definition) is 2. The third kappa shape index (κ3) is 3.62. The van der Waals surface area contributed by atoms with Crippen LogP contribution in [0.2, 0.25) is 0 Å². The van der Waals surface area contributed by atoms with Gasteiger partial charge in [0, 0.05) is 35.1 Å². The first-order valence-electron chi connectivity index (χ1n) is 6.48. The van der Waals surface area contributed by atoms with Gasteiger partial charge in [-0.1, -0.05) is 6.92 Å². The van der Waals surface area contributed by atoms with Gasteiger partial charge in [0.2, 0.25) is 0 Å². The van der Waals surface area contributed by atoms with E-state index in [2.05, 4.69) is 6.92 Å². The largest absolute Gasteiger partial charge is 0.399 e. The van der Waals surface area contributed by atoms with Gasteiger partial charge in [0.1, 0.15) is 0 Å². The zero-order chi connectivity index (χ0) is 14.8. The average Bonchev–Trinajstić information content (AvgIpc) is 2.71. The molecular weight excluding hydrogens is 285 g/mol. The number of hydrogen-bond donors (Lipinski definition) is 1. The fourth-order valence-electron chi connectivity index (χ4n) is 2.20. The highest BCUT2D eigenvalue weighted by molar-refractivity contribution is 7.99. The number of halogens is 3. The normalized spacial score (nSPS) is 12.2. The van der Waals surface area contributed by atoms with Gasteiger partial charge in [-0.2, -0.15) is 13.2 Å². The number of aryl methyl sites for hydroxylation is 1. The zero-order valence-corrected chi connectivity index (χ0v) is 12.0. The number of nitrogen functional groups attached to an aromatic ring is 1. The second-order valence-electron chi connectivity index (χ2n) is 4.61. The number of thioether (sulfide) groups is 1. The van der Waals surface area contributed by atoms with Gasteiger partial charge >= 0.3 is 6.18 Å². The summed E-state index contributed by atoms with van der Waals surface area (Å²) in [6, 6.07) is 5.68. The molecule has 20 heavy (non-hydrogen) atoms. The van der Waals surface area contributed by atoms with Crippen LogP contribution in [0.3, 0.4) is 0 Å². The Hall–Kier alpha value is -1.30. The Morgan fingerprint density at radius 2 is 2.05 bits per heavy atom. The molecule has 2 rings (SSSR count). The van der Waals surface area contributed by atoms with Gasteiger partial charge in [-0.15, -0.1) is 11.8 Å². The summed E-state index contributed by atoms with van der Waals surface area (Å²) in [4.78, 5) is 1.08. The summed E-state index contributed by atoms with van der Waals surface area (Å²) in [5, 5.41) is 1.05. The quantitative estimate of drug-likeness (QED) is 0.642. The highest BCUT2D eigenvalue weighted by atomic mass is 32.2. The zero-order valence-electron chi connectivity index (χ0n) is 11.2. The van der Waals surface area contributed by atoms with E-state index in [9.17, 15) is 13.2 Å². The Kier molecular flexibility index (Phi) is 4.52. The van der Waals surface area contributed by atoms with Gasteiger partial charge < -0.3 is 10.3 Å². The van der Waals surface area contributed by atoms with E-state index in [0.29, 0.717) is 12.2 Å². The summed E-state index contributed by atoms with van der Waals surface area (Å²) in [7, 11) is 0. The summed E-state index contributed by atoms with van der Waals surface area (Å²) < 4.78 is 38.4. The number of benzene rings is 1. The molecule has 0 atom stereocenters. The van der Waals surface area contributed by atoms with E-state index in [0.717, 1.165) is 21.6 Å². The second kappa shape index (κ2) is 5.99. The fourth-order valence-corrected chi connectivity index (χ4v) is 3.06. The lowest BCUT2D eigenvalue weighted by Crippen LogP contribution is -2.09. The first kappa shape index (κ1) is 15.1. The highest BCUT2D eigenvalue weighted by Gasteiger charge is 2.26. The molecule has 0 spiro atoms. The molecule has 6 heteroatoms. The molecule has 2 nitrogen and oxygen atoms in total. The minimum absolute atomic E-state index is 0.0817. The van der Waals surface area contributed by atoms with Crippen LogP contribution < -0.4 is 5.73 Å². The van der Waals surface area contributed by atoms with Crippen LogP contribution in [-0.4, -0.2) is 16.5 Å². The fraction of sp³-hybridized carbons (Fsp3) is 0.429. The molecule has 0 aliphatic rings. The van der Waals surface area contributed by atoms with Crippen molar-refractivity contribution in [1.82, 2.24) is 4.57 Å². The molecule has 1 heterocycles. The van der Waals surface area contributed by atoms with Crippen molar-refractivity contribution in [2.24, 2.45) is 0 Å². The van der Waals surface area contributed by atoms with E-state index in [4.69, 9.17) is 5.73 Å². The molecule has 0 bridgehead atoms. The van der Waals surface area contributed by atoms with Crippen LogP contribution >= 0.6 is 11.8 Å². The van der Waals surface area contributed by atoms with E-state index in [1.54, 1.807) is 11.8 Å². The van der Waals surface area contributed by atoms with Crippen molar-refractivity contribution < 1.29 is 13.2 Å². The topological polar surface area (TPSA) is 30.9 Å². The molecule has 0 fully saturated rings. The van der Waals surface area contributed by atoms with Crippen LogP contribution in [-0.2, 0) is 6.54 Å². The summed E-state index contributed by atoms with van der Waals surface area (Å²) >= 11 is 1.69. The maximum atomic E-state index is 12.2. The molecule has 110 valence electrons. The standard InChI is InChI=1S/C14H17F3N2S/c1-2-20-13-9-10(18)8-12-11(13)4-7-19(12)6-3-5-14(15,16)17/h4,7-9H,2-3,5-6,18H2,1H3. The molecule has 2 aromatic rings. The number of anilines is 1. The van der Waals surface area contributed by atoms with Crippen molar-refractivity contribution in [1.29, 1.82) is 0 Å². The Morgan fingerprint density at radius 1 is 1.30 bits per heavy atom. The molecular formula is C14H17F3N2S. The summed E-state index contributed by atoms with van der Waals surface area (Å²) in [6.07, 6.45) is -2.94. The van der Waals surface area contributed by atoms with Crippen LogP contribution in [0.15, 0.2) is 29.3 Å². The number of aromatic nitrogens is 1. The van der Waals surface area contributed by atoms with Crippen molar-refractivity contribution in [3.05, 3.63) is 24.4 Å². The molecule has 0 amide bonds. The first-order chi connectivity index (χ1) is 9.40. The van der Waals surface area contributed by atoms with E-state index in [-0.39, 0.29) is 6.42 Å². The maximum Gasteiger partial charge on any atom is 0.389 e. The number of rotatable bonds is 5. The van der Waals surface area contributed by atoms with E-state index < -0.39 is 12.6 Å². The molecule has 0 aliphatic carbocycles. The maximum absolute atomic E-state index is 12.2. The minimum Gasteiger partial charge on any atom is -0.399 e. The van der Waals surface area contributed by atoms with Crippen molar-refractivity contribution in [3.8, 4) is 0 Å². The molecule has 1 aromatic carbocycles. The number of nitrogens with zero attached hydrogens (tertiary/aromatic N) is 1. The predicted molar refractivity (Wildman–Crippen MR) is 78.0 cm³/mol. The summed E-state index contributed by atoms with van der Waals surface area (Å²) in [5.41, 5.74) is 7.42. The number of alkyl halides is 3. The van der Waals surface area contributed by atoms with Crippen LogP contribution in [0.1, 0.15) is 19.8 Å². The van der Waals surface area contributed by atoms with Crippen LogP contribution in [0.5, 0.6) is 0 Å². The second-order valence-corrected chi connectivity index (χ2v) is 5.92. The molecule has 0 saturated heterocycles. The van der Waals surface area contributed by atoms with Crippen LogP contribution in [0, 0.1) is 0 Å². The highest BCUT2D eigenvalue weighted by Crippen LogP contribution is 2.31. The molecule has 2 N–H and O–H groups in total. The van der Waals surface area contributed by atoms with Crippen molar-refractivity contribution in [2.75, 3.05) is 11.5 Å². The van der Waals surface area contributed by atoms with Gasteiger partial charge in [0.05, 0.1) is 5.52 Å². The van der Waals surface area contributed by atoms with Crippen molar-refractivity contribution >= 4 is 28.4 Å². The smallest absolute Gasteiger partial charge is 0.389 e. The van der Waals surface area contributed by atoms with E-state index in [1.165, 1.54) is 0 Å². The Balaban J connectivity index is 2.23. The van der Waals surface area contributed by atoms with Gasteiger partial charge in [0.15, 0.2) is 0 Å².